The lowest BCUT2D eigenvalue weighted by atomic mass is 9.81. The number of halogens is 1. The highest BCUT2D eigenvalue weighted by atomic mass is 35.5. The molecule has 1 aromatic heterocycles. The molecule has 1 aliphatic heterocycles. The van der Waals surface area contributed by atoms with Crippen LogP contribution >= 0.6 is 22.9 Å². The second kappa shape index (κ2) is 6.85. The van der Waals surface area contributed by atoms with E-state index in [4.69, 9.17) is 11.6 Å². The van der Waals surface area contributed by atoms with Crippen molar-refractivity contribution in [1.29, 1.82) is 5.26 Å². The van der Waals surface area contributed by atoms with E-state index in [1.54, 1.807) is 0 Å². The van der Waals surface area contributed by atoms with Crippen LogP contribution < -0.4 is 10.6 Å². The lowest BCUT2D eigenvalue weighted by Gasteiger charge is -2.42. The van der Waals surface area contributed by atoms with E-state index in [-0.39, 0.29) is 27.4 Å². The average molecular weight is 419 g/mol. The minimum Gasteiger partial charge on any atom is -0.312 e. The molecule has 0 unspecified atom stereocenters. The largest absolute Gasteiger partial charge is 0.312 e. The Labute approximate surface area is 171 Å². The monoisotopic (exact) mass is 418 g/mol. The highest BCUT2D eigenvalue weighted by Gasteiger charge is 2.40. The van der Waals surface area contributed by atoms with Crippen molar-refractivity contribution in [3.8, 4) is 6.07 Å². The second-order valence-electron chi connectivity index (χ2n) is 7.91. The third-order valence-corrected chi connectivity index (χ3v) is 6.39. The number of thiophene rings is 1. The molecule has 0 bridgehead atoms. The molecule has 146 valence electrons. The Hall–Kier alpha value is -2.47. The highest BCUT2D eigenvalue weighted by molar-refractivity contribution is 7.17. The predicted molar refractivity (Wildman–Crippen MR) is 109 cm³/mol. The second-order valence-corrected chi connectivity index (χ2v) is 9.34. The minimum absolute atomic E-state index is 0.0103. The summed E-state index contributed by atoms with van der Waals surface area (Å²) in [6.45, 7) is 8.20. The molecule has 0 fully saturated rings. The molecular formula is C19H19ClN4O3S. The van der Waals surface area contributed by atoms with Gasteiger partial charge in [0.25, 0.3) is 11.6 Å². The molecule has 2 heterocycles. The van der Waals surface area contributed by atoms with Crippen LogP contribution in [0.1, 0.15) is 54.1 Å². The van der Waals surface area contributed by atoms with Crippen LogP contribution in [0.25, 0.3) is 0 Å². The van der Waals surface area contributed by atoms with Gasteiger partial charge in [-0.15, -0.1) is 11.3 Å². The number of hydrogen-bond donors (Lipinski definition) is 2. The van der Waals surface area contributed by atoms with Gasteiger partial charge >= 0.3 is 0 Å². The fraction of sp³-hybridized carbons (Fsp3) is 0.368. The van der Waals surface area contributed by atoms with Gasteiger partial charge in [-0.2, -0.15) is 5.26 Å². The smallest absolute Gasteiger partial charge is 0.270 e. The highest BCUT2D eigenvalue weighted by Crippen LogP contribution is 2.44. The van der Waals surface area contributed by atoms with Crippen molar-refractivity contribution in [2.75, 3.05) is 5.32 Å². The SMILES string of the molecule is CC1(C)Cc2c(sc(NC(=O)c3cc([N+](=O)[O-])ccc3Cl)c2C#N)C(C)(C)N1. The summed E-state index contributed by atoms with van der Waals surface area (Å²) in [6.07, 6.45) is 0.651. The van der Waals surface area contributed by atoms with Crippen LogP contribution in [0.3, 0.4) is 0 Å². The van der Waals surface area contributed by atoms with Crippen LogP contribution in [0, 0.1) is 21.4 Å². The third-order valence-electron chi connectivity index (χ3n) is 4.59. The third kappa shape index (κ3) is 3.61. The molecule has 0 spiro atoms. The van der Waals surface area contributed by atoms with Crippen LogP contribution in [0.15, 0.2) is 18.2 Å². The Morgan fingerprint density at radius 2 is 2.07 bits per heavy atom. The molecule has 1 aromatic carbocycles. The number of nitrogens with one attached hydrogen (secondary N) is 2. The number of carbonyl (C=O) groups is 1. The fourth-order valence-electron chi connectivity index (χ4n) is 3.71. The average Bonchev–Trinajstić information content (AvgIpc) is 2.90. The Morgan fingerprint density at radius 3 is 2.68 bits per heavy atom. The van der Waals surface area contributed by atoms with Gasteiger partial charge < -0.3 is 10.6 Å². The first-order valence-corrected chi connectivity index (χ1v) is 9.75. The van der Waals surface area contributed by atoms with Gasteiger partial charge in [-0.05, 0) is 45.7 Å². The van der Waals surface area contributed by atoms with Crippen molar-refractivity contribution >= 4 is 39.5 Å². The number of nitro groups is 1. The molecule has 3 rings (SSSR count). The van der Waals surface area contributed by atoms with E-state index in [0.717, 1.165) is 16.5 Å². The quantitative estimate of drug-likeness (QED) is 0.559. The van der Waals surface area contributed by atoms with E-state index in [9.17, 15) is 20.2 Å². The van der Waals surface area contributed by atoms with Crippen LogP contribution in [0.2, 0.25) is 5.02 Å². The minimum atomic E-state index is -0.589. The van der Waals surface area contributed by atoms with E-state index in [2.05, 4.69) is 30.6 Å². The molecule has 0 aliphatic carbocycles. The van der Waals surface area contributed by atoms with E-state index in [1.165, 1.54) is 23.5 Å². The van der Waals surface area contributed by atoms with E-state index < -0.39 is 10.8 Å². The number of benzene rings is 1. The first kappa shape index (κ1) is 20.3. The summed E-state index contributed by atoms with van der Waals surface area (Å²) in [5.41, 5.74) is 0.545. The Balaban J connectivity index is 2.02. The lowest BCUT2D eigenvalue weighted by molar-refractivity contribution is -0.384. The predicted octanol–water partition coefficient (Wildman–Crippen LogP) is 4.59. The molecule has 0 radical (unpaired) electrons. The summed E-state index contributed by atoms with van der Waals surface area (Å²) < 4.78 is 0. The molecule has 0 saturated carbocycles. The summed E-state index contributed by atoms with van der Waals surface area (Å²) in [7, 11) is 0. The molecule has 0 atom stereocenters. The van der Waals surface area contributed by atoms with Crippen molar-refractivity contribution in [3.63, 3.8) is 0 Å². The van der Waals surface area contributed by atoms with Gasteiger partial charge in [-0.25, -0.2) is 0 Å². The normalized spacial score (nSPS) is 16.7. The summed E-state index contributed by atoms with van der Waals surface area (Å²) in [5, 5.41) is 27.5. The zero-order valence-corrected chi connectivity index (χ0v) is 17.4. The summed E-state index contributed by atoms with van der Waals surface area (Å²) in [6, 6.07) is 5.89. The van der Waals surface area contributed by atoms with Gasteiger partial charge in [0.2, 0.25) is 0 Å². The van der Waals surface area contributed by atoms with Gasteiger partial charge in [0.15, 0.2) is 0 Å². The number of fused-ring (bicyclic) bond motifs is 1. The van der Waals surface area contributed by atoms with E-state index in [0.29, 0.717) is 17.0 Å². The molecular weight excluding hydrogens is 400 g/mol. The Morgan fingerprint density at radius 1 is 1.39 bits per heavy atom. The zero-order valence-electron chi connectivity index (χ0n) is 15.8. The van der Waals surface area contributed by atoms with Crippen LogP contribution in [-0.4, -0.2) is 16.4 Å². The van der Waals surface area contributed by atoms with Crippen LogP contribution in [0.4, 0.5) is 10.7 Å². The van der Waals surface area contributed by atoms with Crippen LogP contribution in [-0.2, 0) is 12.0 Å². The number of anilines is 1. The van der Waals surface area contributed by atoms with Crippen molar-refractivity contribution in [3.05, 3.63) is 54.9 Å². The van der Waals surface area contributed by atoms with Crippen molar-refractivity contribution < 1.29 is 9.72 Å². The van der Waals surface area contributed by atoms with Crippen molar-refractivity contribution in [1.82, 2.24) is 5.32 Å². The fourth-order valence-corrected chi connectivity index (χ4v) is 5.13. The van der Waals surface area contributed by atoms with E-state index in [1.807, 2.05) is 13.8 Å². The van der Waals surface area contributed by atoms with Gasteiger partial charge in [0.1, 0.15) is 11.1 Å². The maximum Gasteiger partial charge on any atom is 0.270 e. The molecule has 0 saturated heterocycles. The molecule has 1 amide bonds. The number of non-ortho nitro benzene ring substituents is 1. The maximum absolute atomic E-state index is 12.7. The van der Waals surface area contributed by atoms with Gasteiger partial charge in [0, 0.05) is 28.1 Å². The number of rotatable bonds is 3. The number of nitrogens with zero attached hydrogens (tertiary/aromatic N) is 2. The standard InChI is InChI=1S/C19H19ClN4O3S/c1-18(2)8-12-13(9-21)17(28-15(12)19(3,4)23-18)22-16(25)11-7-10(24(26)27)5-6-14(11)20/h5-7,23H,8H2,1-4H3,(H,22,25). The number of hydrogen-bond acceptors (Lipinski definition) is 6. The van der Waals surface area contributed by atoms with Crippen molar-refractivity contribution in [2.45, 2.75) is 45.2 Å². The van der Waals surface area contributed by atoms with E-state index >= 15 is 0 Å². The first-order chi connectivity index (χ1) is 12.9. The van der Waals surface area contributed by atoms with Crippen molar-refractivity contribution in [2.24, 2.45) is 0 Å². The summed E-state index contributed by atoms with van der Waals surface area (Å²) in [4.78, 5) is 24.1. The molecule has 7 nitrogen and oxygen atoms in total. The van der Waals surface area contributed by atoms with Gasteiger partial charge in [-0.3, -0.25) is 14.9 Å². The zero-order chi connectivity index (χ0) is 20.9. The summed E-state index contributed by atoms with van der Waals surface area (Å²) >= 11 is 7.40. The molecule has 2 N–H and O–H groups in total. The molecule has 9 heteroatoms. The number of nitro benzene ring substituents is 1. The first-order valence-electron chi connectivity index (χ1n) is 8.56. The van der Waals surface area contributed by atoms with Gasteiger partial charge in [-0.1, -0.05) is 11.6 Å². The number of nitriles is 1. The molecule has 1 aliphatic rings. The van der Waals surface area contributed by atoms with Crippen LogP contribution in [0.5, 0.6) is 0 Å². The lowest BCUT2D eigenvalue weighted by Crippen LogP contribution is -2.54. The Kier molecular flexibility index (Phi) is 4.96. The number of carbonyl (C=O) groups excluding carboxylic acids is 1. The maximum atomic E-state index is 12.7. The molecule has 28 heavy (non-hydrogen) atoms. The topological polar surface area (TPSA) is 108 Å². The number of amides is 1. The molecule has 2 aromatic rings. The Bertz CT molecular complexity index is 1040. The van der Waals surface area contributed by atoms with Gasteiger partial charge in [0.05, 0.1) is 21.1 Å². The summed E-state index contributed by atoms with van der Waals surface area (Å²) in [5.74, 6) is -0.589.